The van der Waals surface area contributed by atoms with Crippen LogP contribution in [0.4, 0.5) is 23.7 Å². The van der Waals surface area contributed by atoms with E-state index < -0.39 is 11.7 Å². The summed E-state index contributed by atoms with van der Waals surface area (Å²) in [6.07, 6.45) is -3.85. The highest BCUT2D eigenvalue weighted by atomic mass is 19.4. The summed E-state index contributed by atoms with van der Waals surface area (Å²) >= 11 is 0. The lowest BCUT2D eigenvalue weighted by Gasteiger charge is -2.27. The molecule has 2 aromatic rings. The quantitative estimate of drug-likeness (QED) is 0.814. The zero-order chi connectivity index (χ0) is 21.2. The fraction of sp³-hybridized carbons (Fsp3) is 0.421. The fourth-order valence-corrected chi connectivity index (χ4v) is 3.30. The highest BCUT2D eigenvalue weighted by Crippen LogP contribution is 2.30. The van der Waals surface area contributed by atoms with Crippen LogP contribution in [-0.4, -0.2) is 32.9 Å². The van der Waals surface area contributed by atoms with Crippen LogP contribution in [0.1, 0.15) is 36.6 Å². The van der Waals surface area contributed by atoms with E-state index in [2.05, 4.69) is 15.6 Å². The number of anilines is 1. The molecule has 7 nitrogen and oxygen atoms in total. The van der Waals surface area contributed by atoms with Crippen LogP contribution in [0.3, 0.4) is 0 Å². The number of nitrogens with zero attached hydrogens (tertiary/aromatic N) is 3. The van der Waals surface area contributed by atoms with Crippen molar-refractivity contribution in [2.75, 3.05) is 11.9 Å². The number of halogens is 3. The first kappa shape index (κ1) is 20.7. The molecule has 10 heteroatoms. The van der Waals surface area contributed by atoms with Gasteiger partial charge >= 0.3 is 12.2 Å². The lowest BCUT2D eigenvalue weighted by atomic mass is 10.1. The third kappa shape index (κ3) is 4.69. The first-order valence-corrected chi connectivity index (χ1v) is 9.23. The summed E-state index contributed by atoms with van der Waals surface area (Å²) in [5.41, 5.74) is 1.33. The van der Waals surface area contributed by atoms with Gasteiger partial charge in [0.15, 0.2) is 0 Å². The smallest absolute Gasteiger partial charge is 0.349 e. The van der Waals surface area contributed by atoms with Gasteiger partial charge in [0.2, 0.25) is 5.91 Å². The van der Waals surface area contributed by atoms with Crippen molar-refractivity contribution in [3.05, 3.63) is 47.0 Å². The molecular weight excluding hydrogens is 387 g/mol. The number of urea groups is 1. The first-order valence-electron chi connectivity index (χ1n) is 9.23. The Morgan fingerprint density at radius 1 is 1.21 bits per heavy atom. The Morgan fingerprint density at radius 2 is 1.90 bits per heavy atom. The van der Waals surface area contributed by atoms with Gasteiger partial charge in [-0.3, -0.25) is 4.79 Å². The second kappa shape index (κ2) is 8.14. The highest BCUT2D eigenvalue weighted by Gasteiger charge is 2.30. The third-order valence-electron chi connectivity index (χ3n) is 4.76. The van der Waals surface area contributed by atoms with Gasteiger partial charge in [0, 0.05) is 32.1 Å². The minimum atomic E-state index is -4.42. The summed E-state index contributed by atoms with van der Waals surface area (Å²) < 4.78 is 40.0. The second-order valence-corrected chi connectivity index (χ2v) is 6.75. The number of hydrogen-bond acceptors (Lipinski definition) is 3. The molecular formula is C19H22F3N5O2. The van der Waals surface area contributed by atoms with Crippen molar-refractivity contribution in [1.29, 1.82) is 0 Å². The van der Waals surface area contributed by atoms with E-state index in [1.807, 2.05) is 11.5 Å². The Labute approximate surface area is 165 Å². The highest BCUT2D eigenvalue weighted by molar-refractivity contribution is 5.89. The molecule has 0 fully saturated rings. The summed E-state index contributed by atoms with van der Waals surface area (Å²) in [4.78, 5) is 29.9. The van der Waals surface area contributed by atoms with Crippen molar-refractivity contribution < 1.29 is 22.8 Å². The van der Waals surface area contributed by atoms with Crippen LogP contribution in [0.15, 0.2) is 24.3 Å². The van der Waals surface area contributed by atoms with Gasteiger partial charge in [-0.15, -0.1) is 0 Å². The van der Waals surface area contributed by atoms with E-state index in [-0.39, 0.29) is 11.9 Å². The van der Waals surface area contributed by atoms with Crippen LogP contribution >= 0.6 is 0 Å². The number of carbonyl (C=O) groups excluding carboxylic acids is 2. The van der Waals surface area contributed by atoms with E-state index in [4.69, 9.17) is 0 Å². The Balaban J connectivity index is 1.70. The summed E-state index contributed by atoms with van der Waals surface area (Å²) in [6.45, 7) is 5.13. The van der Waals surface area contributed by atoms with Crippen molar-refractivity contribution in [2.24, 2.45) is 0 Å². The number of nitrogens with one attached hydrogen (secondary N) is 2. The molecule has 156 valence electrons. The number of amides is 3. The van der Waals surface area contributed by atoms with Crippen molar-refractivity contribution in [2.45, 2.75) is 46.1 Å². The van der Waals surface area contributed by atoms with Gasteiger partial charge in [0.1, 0.15) is 5.82 Å². The molecule has 1 aliphatic heterocycles. The molecule has 3 rings (SSSR count). The van der Waals surface area contributed by atoms with Crippen LogP contribution in [-0.2, 0) is 37.0 Å². The zero-order valence-electron chi connectivity index (χ0n) is 16.1. The molecule has 2 N–H and O–H groups in total. The Bertz CT molecular complexity index is 906. The maximum atomic E-state index is 12.7. The molecule has 2 heterocycles. The molecule has 1 aliphatic rings. The van der Waals surface area contributed by atoms with E-state index in [1.54, 1.807) is 4.90 Å². The number of rotatable bonds is 4. The molecule has 0 unspecified atom stereocenters. The minimum absolute atomic E-state index is 0.147. The van der Waals surface area contributed by atoms with E-state index in [0.29, 0.717) is 38.3 Å². The number of hydrogen-bond donors (Lipinski definition) is 2. The number of imidazole rings is 1. The summed E-state index contributed by atoms with van der Waals surface area (Å²) in [7, 11) is 0. The van der Waals surface area contributed by atoms with E-state index in [9.17, 15) is 22.8 Å². The van der Waals surface area contributed by atoms with E-state index >= 15 is 0 Å². The number of fused-ring (bicyclic) bond motifs is 1. The van der Waals surface area contributed by atoms with Crippen molar-refractivity contribution >= 4 is 17.6 Å². The molecule has 3 amide bonds. The van der Waals surface area contributed by atoms with Crippen LogP contribution in [0.5, 0.6) is 0 Å². The lowest BCUT2D eigenvalue weighted by molar-refractivity contribution is -0.137. The fourth-order valence-electron chi connectivity index (χ4n) is 3.30. The Kier molecular flexibility index (Phi) is 5.81. The maximum absolute atomic E-state index is 12.7. The van der Waals surface area contributed by atoms with E-state index in [0.717, 1.165) is 29.3 Å². The van der Waals surface area contributed by atoms with E-state index in [1.165, 1.54) is 19.1 Å². The number of alkyl halides is 3. The molecule has 0 saturated carbocycles. The molecule has 0 atom stereocenters. The summed E-state index contributed by atoms with van der Waals surface area (Å²) in [5.74, 6) is 0.587. The van der Waals surface area contributed by atoms with Crippen molar-refractivity contribution in [1.82, 2.24) is 19.8 Å². The van der Waals surface area contributed by atoms with Gasteiger partial charge in [-0.2, -0.15) is 13.2 Å². The standard InChI is InChI=1S/C19H22F3N5O2/c1-3-27-16-11-26(9-8-15(16)25-17(27)10-23-12(2)28)18(29)24-14-6-4-13(5-7-14)19(20,21)22/h4-7H,3,8-11H2,1-2H3,(H,23,28)(H,24,29). The number of carbonyl (C=O) groups is 2. The molecule has 0 spiro atoms. The van der Waals surface area contributed by atoms with Gasteiger partial charge in [0.05, 0.1) is 30.0 Å². The molecule has 0 radical (unpaired) electrons. The zero-order valence-corrected chi connectivity index (χ0v) is 16.1. The minimum Gasteiger partial charge on any atom is -0.349 e. The predicted octanol–water partition coefficient (Wildman–Crippen LogP) is 3.15. The lowest BCUT2D eigenvalue weighted by Crippen LogP contribution is -2.39. The van der Waals surface area contributed by atoms with Gasteiger partial charge in [-0.25, -0.2) is 9.78 Å². The average Bonchev–Trinajstić information content (AvgIpc) is 3.02. The Hall–Kier alpha value is -3.04. The topological polar surface area (TPSA) is 79.3 Å². The third-order valence-corrected chi connectivity index (χ3v) is 4.76. The van der Waals surface area contributed by atoms with Crippen LogP contribution in [0, 0.1) is 0 Å². The second-order valence-electron chi connectivity index (χ2n) is 6.75. The van der Waals surface area contributed by atoms with Crippen LogP contribution < -0.4 is 10.6 Å². The van der Waals surface area contributed by atoms with Gasteiger partial charge in [0.25, 0.3) is 0 Å². The van der Waals surface area contributed by atoms with Gasteiger partial charge < -0.3 is 20.1 Å². The monoisotopic (exact) mass is 409 g/mol. The molecule has 0 saturated heterocycles. The van der Waals surface area contributed by atoms with Gasteiger partial charge in [-0.05, 0) is 31.2 Å². The molecule has 1 aromatic heterocycles. The normalized spacial score (nSPS) is 13.8. The van der Waals surface area contributed by atoms with Crippen molar-refractivity contribution in [3.63, 3.8) is 0 Å². The largest absolute Gasteiger partial charge is 0.416 e. The first-order chi connectivity index (χ1) is 13.7. The average molecular weight is 409 g/mol. The predicted molar refractivity (Wildman–Crippen MR) is 100.0 cm³/mol. The molecule has 1 aromatic carbocycles. The SMILES string of the molecule is CCn1c(CNC(C)=O)nc2c1CN(C(=O)Nc1ccc(C(F)(F)F)cc1)CC2. The van der Waals surface area contributed by atoms with Gasteiger partial charge in [-0.1, -0.05) is 0 Å². The molecule has 0 bridgehead atoms. The number of benzene rings is 1. The number of aromatic nitrogens is 2. The van der Waals surface area contributed by atoms with Crippen molar-refractivity contribution in [3.8, 4) is 0 Å². The molecule has 0 aliphatic carbocycles. The van der Waals surface area contributed by atoms with Crippen LogP contribution in [0.2, 0.25) is 0 Å². The molecule has 29 heavy (non-hydrogen) atoms. The van der Waals surface area contributed by atoms with Crippen LogP contribution in [0.25, 0.3) is 0 Å². The Morgan fingerprint density at radius 3 is 2.48 bits per heavy atom. The summed E-state index contributed by atoms with van der Waals surface area (Å²) in [5, 5.41) is 5.37. The maximum Gasteiger partial charge on any atom is 0.416 e. The summed E-state index contributed by atoms with van der Waals surface area (Å²) in [6, 6.07) is 3.95.